The first kappa shape index (κ1) is 41.3. The molecule has 312 valence electrons. The molecule has 1 saturated heterocycles. The van der Waals surface area contributed by atoms with Crippen molar-refractivity contribution in [3.05, 3.63) is 99.7 Å². The van der Waals surface area contributed by atoms with Crippen LogP contribution in [0.2, 0.25) is 5.02 Å². The summed E-state index contributed by atoms with van der Waals surface area (Å²) in [5.74, 6) is 2.23. The van der Waals surface area contributed by atoms with Crippen molar-refractivity contribution >= 4 is 44.6 Å². The van der Waals surface area contributed by atoms with Gasteiger partial charge >= 0.3 is 5.97 Å². The van der Waals surface area contributed by atoms with Gasteiger partial charge in [0.05, 0.1) is 35.6 Å². The summed E-state index contributed by atoms with van der Waals surface area (Å²) in [6.07, 6.45) is 1.47. The second kappa shape index (κ2) is 18.4. The van der Waals surface area contributed by atoms with E-state index in [1.165, 1.54) is 6.33 Å². The van der Waals surface area contributed by atoms with Gasteiger partial charge in [0.15, 0.2) is 10.5 Å². The van der Waals surface area contributed by atoms with Crippen LogP contribution in [0.5, 0.6) is 28.9 Å². The van der Waals surface area contributed by atoms with E-state index in [-0.39, 0.29) is 37.8 Å². The molecule has 4 bridgehead atoms. The predicted molar refractivity (Wildman–Crippen MR) is 228 cm³/mol. The number of fused-ring (bicyclic) bond motifs is 7. The fourth-order valence-corrected chi connectivity index (χ4v) is 8.09. The Hall–Kier alpha value is -5.48. The van der Waals surface area contributed by atoms with Crippen LogP contribution in [-0.2, 0) is 22.6 Å². The van der Waals surface area contributed by atoms with Crippen LogP contribution in [-0.4, -0.2) is 108 Å². The Morgan fingerprint density at radius 1 is 0.983 bits per heavy atom. The summed E-state index contributed by atoms with van der Waals surface area (Å²) in [5, 5.41) is 0.889. The van der Waals surface area contributed by atoms with Gasteiger partial charge < -0.3 is 37.7 Å². The van der Waals surface area contributed by atoms with Gasteiger partial charge in [0.2, 0.25) is 17.7 Å². The monoisotopic (exact) mass is 898 g/mol. The highest BCUT2D eigenvalue weighted by atomic mass is 79.9. The number of furan rings is 1. The Kier molecular flexibility index (Phi) is 12.7. The van der Waals surface area contributed by atoms with Gasteiger partial charge in [-0.25, -0.2) is 24.7 Å². The number of benzene rings is 3. The molecule has 1 fully saturated rings. The third-order valence-electron chi connectivity index (χ3n) is 10.5. The molecule has 0 aliphatic carbocycles. The van der Waals surface area contributed by atoms with E-state index >= 15 is 0 Å². The second-order valence-electron chi connectivity index (χ2n) is 14.5. The number of methoxy groups -OCH3 is 1. The molecule has 0 saturated carbocycles. The van der Waals surface area contributed by atoms with Crippen LogP contribution in [0.15, 0.2) is 82.3 Å². The quantitative estimate of drug-likeness (QED) is 0.131. The number of para-hydroxylation sites is 1. The first-order valence-corrected chi connectivity index (χ1v) is 20.8. The maximum atomic E-state index is 13.8. The third kappa shape index (κ3) is 8.99. The molecule has 9 rings (SSSR count). The Morgan fingerprint density at radius 3 is 2.63 bits per heavy atom. The topological polar surface area (TPSA) is 144 Å². The summed E-state index contributed by atoms with van der Waals surface area (Å²) >= 11 is 10.7. The van der Waals surface area contributed by atoms with Crippen LogP contribution >= 0.6 is 27.5 Å². The molecule has 2 atom stereocenters. The molecule has 60 heavy (non-hydrogen) atoms. The number of nitrogens with zero attached hydrogens (tertiary/aromatic N) is 6. The summed E-state index contributed by atoms with van der Waals surface area (Å²) in [5.41, 5.74) is 4.35. The first-order chi connectivity index (χ1) is 29.2. The molecule has 6 aromatic rings. The summed E-state index contributed by atoms with van der Waals surface area (Å²) in [6.45, 7) is 8.40. The number of hydrogen-bond donors (Lipinski definition) is 0. The molecule has 14 nitrogen and oxygen atoms in total. The smallest absolute Gasteiger partial charge is 0.347 e. The van der Waals surface area contributed by atoms with Crippen LogP contribution < -0.4 is 23.7 Å². The van der Waals surface area contributed by atoms with Gasteiger partial charge in [0.1, 0.15) is 54.0 Å². The summed E-state index contributed by atoms with van der Waals surface area (Å²) in [4.78, 5) is 36.7. The number of aromatic nitrogens is 4. The highest BCUT2D eigenvalue weighted by Gasteiger charge is 2.31. The molecule has 0 N–H and O–H groups in total. The minimum Gasteiger partial charge on any atom is -0.496 e. The Morgan fingerprint density at radius 2 is 1.82 bits per heavy atom. The van der Waals surface area contributed by atoms with E-state index in [0.29, 0.717) is 67.3 Å². The minimum absolute atomic E-state index is 0.0296. The Labute approximate surface area is 360 Å². The molecule has 3 aromatic carbocycles. The molecule has 3 aliphatic rings. The maximum Gasteiger partial charge on any atom is 0.347 e. The highest BCUT2D eigenvalue weighted by molar-refractivity contribution is 9.10. The van der Waals surface area contributed by atoms with Crippen LogP contribution in [0.25, 0.3) is 33.6 Å². The Balaban J connectivity index is 1.19. The van der Waals surface area contributed by atoms with Crippen molar-refractivity contribution in [2.45, 2.75) is 39.1 Å². The number of esters is 1. The largest absolute Gasteiger partial charge is 0.496 e. The minimum atomic E-state index is -1.17. The number of rotatable bonds is 9. The summed E-state index contributed by atoms with van der Waals surface area (Å²) in [7, 11) is 3.74. The second-order valence-corrected chi connectivity index (χ2v) is 15.6. The number of ether oxygens (including phenoxy) is 6. The standard InChI is InChI=1S/C44H44BrClN6O8/c1-5-55-44(53)36-21-27-20-29(10-12-33(27)57-23-28-14-15-47-41(50-28)32-8-6-7-9-34(32)54-4)56-24-30(22-52-18-16-51(3)17-19-52)58-35-13-11-31(26(2)39(35)46)37-38-42(59-36)48-25-49-43(38)60-40(37)45/h6-15,20,25,30,36H,5,16-19,21-24H2,1-4H3/t30-,36-/m1/s1. The summed E-state index contributed by atoms with van der Waals surface area (Å²) in [6, 6.07) is 18.6. The molecule has 0 amide bonds. The molecule has 0 spiro atoms. The third-order valence-corrected chi connectivity index (χ3v) is 11.5. The van der Waals surface area contributed by atoms with Gasteiger partial charge in [-0.15, -0.1) is 0 Å². The fourth-order valence-electron chi connectivity index (χ4n) is 7.32. The molecule has 3 aliphatic heterocycles. The van der Waals surface area contributed by atoms with Crippen molar-refractivity contribution in [2.24, 2.45) is 0 Å². The lowest BCUT2D eigenvalue weighted by Gasteiger charge is -2.34. The van der Waals surface area contributed by atoms with Gasteiger partial charge in [0.25, 0.3) is 0 Å². The molecular weight excluding hydrogens is 856 g/mol. The molecule has 16 heteroatoms. The zero-order valence-electron chi connectivity index (χ0n) is 33.7. The van der Waals surface area contributed by atoms with Gasteiger partial charge in [-0.2, -0.15) is 0 Å². The summed E-state index contributed by atoms with van der Waals surface area (Å²) < 4.78 is 43.8. The zero-order chi connectivity index (χ0) is 41.8. The van der Waals surface area contributed by atoms with E-state index in [4.69, 9.17) is 49.4 Å². The van der Waals surface area contributed by atoms with Crippen molar-refractivity contribution in [3.63, 3.8) is 0 Å². The lowest BCUT2D eigenvalue weighted by Crippen LogP contribution is -2.49. The van der Waals surface area contributed by atoms with Crippen LogP contribution in [0, 0.1) is 6.92 Å². The first-order valence-electron chi connectivity index (χ1n) is 19.7. The van der Waals surface area contributed by atoms with Gasteiger partial charge in [-0.05, 0) is 90.4 Å². The van der Waals surface area contributed by atoms with E-state index in [1.54, 1.807) is 26.3 Å². The fraction of sp³-hybridized carbons (Fsp3) is 0.341. The number of likely N-dealkylation sites (N-methyl/N-ethyl adjacent to an activating group) is 1. The highest BCUT2D eigenvalue weighted by Crippen LogP contribution is 2.45. The molecule has 0 radical (unpaired) electrons. The number of piperazine rings is 1. The van der Waals surface area contributed by atoms with E-state index in [0.717, 1.165) is 42.9 Å². The van der Waals surface area contributed by atoms with Crippen molar-refractivity contribution in [1.29, 1.82) is 0 Å². The van der Waals surface area contributed by atoms with E-state index in [2.05, 4.69) is 47.7 Å². The SMILES string of the molecule is CCOC(=O)[C@H]1Cc2cc(ccc2OCc2ccnc(-c3ccccc3OC)n2)OC[C@@H](CN2CCN(C)CC2)Oc2ccc(c(C)c2Cl)-c2c(Br)oc3ncnc(c23)O1. The van der Waals surface area contributed by atoms with E-state index < -0.39 is 18.2 Å². The number of carbonyl (C=O) groups is 1. The molecule has 0 unspecified atom stereocenters. The van der Waals surface area contributed by atoms with Gasteiger partial charge in [-0.1, -0.05) is 29.8 Å². The number of halogens is 2. The Bertz CT molecular complexity index is 2500. The van der Waals surface area contributed by atoms with E-state index in [1.807, 2.05) is 61.5 Å². The van der Waals surface area contributed by atoms with Crippen LogP contribution in [0.3, 0.4) is 0 Å². The average Bonchev–Trinajstić information content (AvgIpc) is 3.60. The van der Waals surface area contributed by atoms with Crippen molar-refractivity contribution in [3.8, 4) is 51.4 Å². The lowest BCUT2D eigenvalue weighted by molar-refractivity contribution is -0.151. The predicted octanol–water partition coefficient (Wildman–Crippen LogP) is 7.60. The van der Waals surface area contributed by atoms with Crippen LogP contribution in [0.4, 0.5) is 0 Å². The van der Waals surface area contributed by atoms with Gasteiger partial charge in [-0.3, -0.25) is 4.90 Å². The zero-order valence-corrected chi connectivity index (χ0v) is 36.0. The average molecular weight is 900 g/mol. The van der Waals surface area contributed by atoms with E-state index in [9.17, 15) is 4.79 Å². The molecule has 3 aromatic heterocycles. The number of carbonyl (C=O) groups excluding carboxylic acids is 1. The van der Waals surface area contributed by atoms with Crippen LogP contribution in [0.1, 0.15) is 23.7 Å². The van der Waals surface area contributed by atoms with Crippen molar-refractivity contribution < 1.29 is 37.6 Å². The normalized spacial score (nSPS) is 17.3. The molecular formula is C44H44BrClN6O8. The van der Waals surface area contributed by atoms with Gasteiger partial charge in [0, 0.05) is 50.9 Å². The van der Waals surface area contributed by atoms with Crippen molar-refractivity contribution in [2.75, 3.05) is 60.1 Å². The van der Waals surface area contributed by atoms with Crippen molar-refractivity contribution in [1.82, 2.24) is 29.7 Å². The number of hydrogen-bond acceptors (Lipinski definition) is 14. The molecule has 6 heterocycles. The maximum absolute atomic E-state index is 13.8. The lowest BCUT2D eigenvalue weighted by atomic mass is 10.0.